The summed E-state index contributed by atoms with van der Waals surface area (Å²) in [4.78, 5) is 26.9. The molecule has 1 aromatic carbocycles. The van der Waals surface area contributed by atoms with E-state index in [0.717, 1.165) is 43.6 Å². The molecular formula is C21H25F2N5O3S. The Hall–Kier alpha value is -2.82. The predicted octanol–water partition coefficient (Wildman–Crippen LogP) is 2.43. The molecule has 2 aliphatic heterocycles. The van der Waals surface area contributed by atoms with Gasteiger partial charge in [0, 0.05) is 45.3 Å². The van der Waals surface area contributed by atoms with E-state index in [-0.39, 0.29) is 5.56 Å². The Balaban J connectivity index is 1.45. The minimum Gasteiger partial charge on any atom is -0.356 e. The fraction of sp³-hybridized carbons (Fsp3) is 0.476. The highest BCUT2D eigenvalue weighted by Gasteiger charge is 2.33. The minimum absolute atomic E-state index is 0.226. The number of amides is 1. The van der Waals surface area contributed by atoms with E-state index in [9.17, 15) is 22.0 Å². The van der Waals surface area contributed by atoms with Gasteiger partial charge < -0.3 is 14.7 Å². The first-order chi connectivity index (χ1) is 15.4. The molecule has 172 valence electrons. The SMILES string of the molecule is O=C(c1ccccc1S(=O)(=O)C(F)F)N1CCN(c2cc(N3CCCCC3)ncn2)CC1. The first kappa shape index (κ1) is 22.4. The quantitative estimate of drug-likeness (QED) is 0.670. The van der Waals surface area contributed by atoms with Gasteiger partial charge in [-0.05, 0) is 31.4 Å². The number of hydrogen-bond donors (Lipinski definition) is 0. The second kappa shape index (κ2) is 9.35. The summed E-state index contributed by atoms with van der Waals surface area (Å²) in [6, 6.07) is 7.08. The molecule has 0 unspecified atom stereocenters. The number of benzene rings is 1. The molecule has 0 radical (unpaired) electrons. The summed E-state index contributed by atoms with van der Waals surface area (Å²) in [6.45, 7) is 3.58. The molecule has 1 aromatic heterocycles. The van der Waals surface area contributed by atoms with E-state index < -0.39 is 26.4 Å². The highest BCUT2D eigenvalue weighted by atomic mass is 32.2. The van der Waals surface area contributed by atoms with E-state index in [1.807, 2.05) is 11.0 Å². The molecule has 8 nitrogen and oxygen atoms in total. The van der Waals surface area contributed by atoms with E-state index in [2.05, 4.69) is 14.9 Å². The molecule has 3 heterocycles. The van der Waals surface area contributed by atoms with Crippen LogP contribution in [-0.4, -0.2) is 74.2 Å². The van der Waals surface area contributed by atoms with Gasteiger partial charge in [0.15, 0.2) is 0 Å². The number of halogens is 2. The number of rotatable bonds is 5. The second-order valence-electron chi connectivity index (χ2n) is 7.86. The molecule has 0 N–H and O–H groups in total. The van der Waals surface area contributed by atoms with Gasteiger partial charge in [-0.1, -0.05) is 12.1 Å². The van der Waals surface area contributed by atoms with Crippen LogP contribution in [0.2, 0.25) is 0 Å². The normalized spacial score (nSPS) is 17.7. The maximum Gasteiger partial charge on any atom is 0.341 e. The van der Waals surface area contributed by atoms with Crippen LogP contribution in [0.5, 0.6) is 0 Å². The third-order valence-corrected chi connectivity index (χ3v) is 7.31. The smallest absolute Gasteiger partial charge is 0.341 e. The standard InChI is InChI=1S/C21H25F2N5O3S/c22-21(23)32(30,31)17-7-3-2-6-16(17)20(29)28-12-10-27(11-13-28)19-14-18(24-15-25-19)26-8-4-1-5-9-26/h2-3,6-7,14-15,21H,1,4-5,8-13H2. The largest absolute Gasteiger partial charge is 0.356 e. The third kappa shape index (κ3) is 4.52. The Morgan fingerprint density at radius 1 is 0.875 bits per heavy atom. The summed E-state index contributed by atoms with van der Waals surface area (Å²) in [5, 5.41) is 0. The summed E-state index contributed by atoms with van der Waals surface area (Å²) < 4.78 is 50.1. The van der Waals surface area contributed by atoms with E-state index in [0.29, 0.717) is 26.2 Å². The number of anilines is 2. The molecule has 2 saturated heterocycles. The minimum atomic E-state index is -4.87. The zero-order valence-corrected chi connectivity index (χ0v) is 18.3. The first-order valence-corrected chi connectivity index (χ1v) is 12.1. The summed E-state index contributed by atoms with van der Waals surface area (Å²) in [6.07, 6.45) is 5.06. The van der Waals surface area contributed by atoms with Gasteiger partial charge >= 0.3 is 5.76 Å². The molecule has 1 amide bonds. The van der Waals surface area contributed by atoms with E-state index in [4.69, 9.17) is 0 Å². The number of hydrogen-bond acceptors (Lipinski definition) is 7. The molecule has 0 aliphatic carbocycles. The summed E-state index contributed by atoms with van der Waals surface area (Å²) >= 11 is 0. The van der Waals surface area contributed by atoms with Gasteiger partial charge in [0.05, 0.1) is 10.5 Å². The molecule has 4 rings (SSSR count). The maximum absolute atomic E-state index is 13.1. The number of carbonyl (C=O) groups is 1. The highest BCUT2D eigenvalue weighted by Crippen LogP contribution is 2.25. The van der Waals surface area contributed by atoms with Crippen LogP contribution >= 0.6 is 0 Å². The molecule has 32 heavy (non-hydrogen) atoms. The van der Waals surface area contributed by atoms with Crippen LogP contribution in [0.1, 0.15) is 29.6 Å². The van der Waals surface area contributed by atoms with Crippen LogP contribution in [0, 0.1) is 0 Å². The van der Waals surface area contributed by atoms with Crippen LogP contribution < -0.4 is 9.80 Å². The van der Waals surface area contributed by atoms with E-state index in [1.54, 1.807) is 6.33 Å². The molecular weight excluding hydrogens is 440 g/mol. The number of carbonyl (C=O) groups excluding carboxylic acids is 1. The lowest BCUT2D eigenvalue weighted by Crippen LogP contribution is -2.49. The summed E-state index contributed by atoms with van der Waals surface area (Å²) in [5.74, 6) is -2.49. The Labute approximate surface area is 185 Å². The van der Waals surface area contributed by atoms with Gasteiger partial charge in [-0.25, -0.2) is 18.4 Å². The van der Waals surface area contributed by atoms with Crippen molar-refractivity contribution in [2.45, 2.75) is 29.9 Å². The third-order valence-electron chi connectivity index (χ3n) is 5.87. The van der Waals surface area contributed by atoms with Crippen molar-refractivity contribution >= 4 is 27.4 Å². The first-order valence-electron chi connectivity index (χ1n) is 10.6. The summed E-state index contributed by atoms with van der Waals surface area (Å²) in [5.41, 5.74) is -0.226. The van der Waals surface area contributed by atoms with E-state index in [1.165, 1.54) is 29.5 Å². The lowest BCUT2D eigenvalue weighted by molar-refractivity contribution is 0.0742. The maximum atomic E-state index is 13.1. The fourth-order valence-corrected chi connectivity index (χ4v) is 5.02. The Bertz CT molecular complexity index is 1070. The van der Waals surface area contributed by atoms with Crippen LogP contribution in [0.15, 0.2) is 41.6 Å². The molecule has 2 aromatic rings. The van der Waals surface area contributed by atoms with Gasteiger partial charge in [0.1, 0.15) is 18.0 Å². The highest BCUT2D eigenvalue weighted by molar-refractivity contribution is 7.91. The lowest BCUT2D eigenvalue weighted by Gasteiger charge is -2.36. The number of sulfone groups is 1. The molecule has 2 aliphatic rings. The van der Waals surface area contributed by atoms with Crippen LogP contribution in [0.3, 0.4) is 0 Å². The van der Waals surface area contributed by atoms with Crippen molar-refractivity contribution in [3.05, 3.63) is 42.2 Å². The molecule has 11 heteroatoms. The Morgan fingerprint density at radius 3 is 2.09 bits per heavy atom. The fourth-order valence-electron chi connectivity index (χ4n) is 4.10. The Morgan fingerprint density at radius 2 is 1.47 bits per heavy atom. The van der Waals surface area contributed by atoms with Gasteiger partial charge in [0.2, 0.25) is 9.84 Å². The van der Waals surface area contributed by atoms with Crippen molar-refractivity contribution in [2.75, 3.05) is 49.1 Å². The van der Waals surface area contributed by atoms with Crippen LogP contribution in [0.4, 0.5) is 20.4 Å². The molecule has 0 spiro atoms. The van der Waals surface area contributed by atoms with Crippen molar-refractivity contribution < 1.29 is 22.0 Å². The zero-order chi connectivity index (χ0) is 22.7. The zero-order valence-electron chi connectivity index (χ0n) is 17.5. The van der Waals surface area contributed by atoms with Crippen molar-refractivity contribution in [2.24, 2.45) is 0 Å². The van der Waals surface area contributed by atoms with E-state index >= 15 is 0 Å². The number of piperazine rings is 1. The van der Waals surface area contributed by atoms with Crippen molar-refractivity contribution in [1.29, 1.82) is 0 Å². The van der Waals surface area contributed by atoms with Crippen molar-refractivity contribution in [3.8, 4) is 0 Å². The Kier molecular flexibility index (Phi) is 6.54. The van der Waals surface area contributed by atoms with Crippen LogP contribution in [0.25, 0.3) is 0 Å². The topological polar surface area (TPSA) is 86.7 Å². The van der Waals surface area contributed by atoms with Crippen molar-refractivity contribution in [1.82, 2.24) is 14.9 Å². The van der Waals surface area contributed by atoms with Gasteiger partial charge in [-0.15, -0.1) is 0 Å². The molecule has 0 saturated carbocycles. The van der Waals surface area contributed by atoms with Gasteiger partial charge in [0.25, 0.3) is 5.91 Å². The number of nitrogens with zero attached hydrogens (tertiary/aromatic N) is 5. The molecule has 2 fully saturated rings. The number of aromatic nitrogens is 2. The van der Waals surface area contributed by atoms with Crippen LogP contribution in [-0.2, 0) is 9.84 Å². The van der Waals surface area contributed by atoms with Crippen molar-refractivity contribution in [3.63, 3.8) is 0 Å². The monoisotopic (exact) mass is 465 g/mol. The predicted molar refractivity (Wildman–Crippen MR) is 116 cm³/mol. The van der Waals surface area contributed by atoms with Gasteiger partial charge in [-0.3, -0.25) is 4.79 Å². The molecule has 0 bridgehead atoms. The number of alkyl halides is 2. The molecule has 0 atom stereocenters. The average molecular weight is 466 g/mol. The summed E-state index contributed by atoms with van der Waals surface area (Å²) in [7, 11) is -4.87. The average Bonchev–Trinajstić information content (AvgIpc) is 2.84. The second-order valence-corrected chi connectivity index (χ2v) is 9.75. The van der Waals surface area contributed by atoms with Gasteiger partial charge in [-0.2, -0.15) is 8.78 Å². The number of piperidine rings is 1. The lowest BCUT2D eigenvalue weighted by atomic mass is 10.1.